The van der Waals surface area contributed by atoms with Crippen LogP contribution in [0.2, 0.25) is 0 Å². The highest BCUT2D eigenvalue weighted by molar-refractivity contribution is 5.94. The van der Waals surface area contributed by atoms with Gasteiger partial charge in [-0.3, -0.25) is 4.79 Å². The second kappa shape index (κ2) is 6.96. The van der Waals surface area contributed by atoms with Crippen LogP contribution in [-0.2, 0) is 0 Å². The molecule has 0 aliphatic carbocycles. The molecule has 0 bridgehead atoms. The summed E-state index contributed by atoms with van der Waals surface area (Å²) in [4.78, 5) is 11.8. The van der Waals surface area contributed by atoms with Crippen LogP contribution < -0.4 is 11.1 Å². The number of phenols is 1. The summed E-state index contributed by atoms with van der Waals surface area (Å²) >= 11 is 0. The Balaban J connectivity index is 2.68. The number of rotatable bonds is 6. The number of nitrogens with one attached hydrogen (secondary N) is 1. The lowest BCUT2D eigenvalue weighted by atomic mass is 10.1. The van der Waals surface area contributed by atoms with Gasteiger partial charge in [-0.2, -0.15) is 0 Å². The third-order valence-corrected chi connectivity index (χ3v) is 2.72. The number of hydrogen-bond donors (Lipinski definition) is 3. The minimum absolute atomic E-state index is 0.0808. The molecule has 0 spiro atoms. The van der Waals surface area contributed by atoms with Crippen LogP contribution in [0.25, 0.3) is 0 Å². The van der Waals surface area contributed by atoms with Crippen molar-refractivity contribution in [3.63, 3.8) is 0 Å². The van der Waals surface area contributed by atoms with Gasteiger partial charge in [-0.25, -0.2) is 4.39 Å². The largest absolute Gasteiger partial charge is 0.508 e. The Hall–Kier alpha value is -1.62. The van der Waals surface area contributed by atoms with Crippen molar-refractivity contribution in [3.05, 3.63) is 29.6 Å². The molecule has 0 heterocycles. The molecule has 1 aromatic rings. The number of hydrogen-bond acceptors (Lipinski definition) is 3. The molecule has 0 saturated carbocycles. The van der Waals surface area contributed by atoms with Gasteiger partial charge in [0.2, 0.25) is 0 Å². The molecule has 1 unspecified atom stereocenters. The molecular formula is C13H19FN2O2. The Morgan fingerprint density at radius 3 is 2.83 bits per heavy atom. The highest BCUT2D eigenvalue weighted by Gasteiger charge is 2.15. The maximum absolute atomic E-state index is 13.5. The predicted octanol–water partition coefficient (Wildman–Crippen LogP) is 1.78. The summed E-state index contributed by atoms with van der Waals surface area (Å²) in [5.74, 6) is -1.44. The van der Waals surface area contributed by atoms with Crippen molar-refractivity contribution >= 4 is 5.91 Å². The van der Waals surface area contributed by atoms with Gasteiger partial charge in [0.1, 0.15) is 11.6 Å². The van der Waals surface area contributed by atoms with Crippen LogP contribution in [0.1, 0.15) is 36.5 Å². The van der Waals surface area contributed by atoms with E-state index in [1.165, 1.54) is 12.1 Å². The molecule has 1 atom stereocenters. The fourth-order valence-corrected chi connectivity index (χ4v) is 1.65. The monoisotopic (exact) mass is 254 g/mol. The number of carbonyl (C=O) groups is 1. The third kappa shape index (κ3) is 4.00. The van der Waals surface area contributed by atoms with E-state index >= 15 is 0 Å². The third-order valence-electron chi connectivity index (χ3n) is 2.72. The summed E-state index contributed by atoms with van der Waals surface area (Å²) in [6.07, 6.45) is 2.75. The predicted molar refractivity (Wildman–Crippen MR) is 67.9 cm³/mol. The van der Waals surface area contributed by atoms with E-state index in [0.717, 1.165) is 25.3 Å². The quantitative estimate of drug-likeness (QED) is 0.724. The minimum atomic E-state index is -0.737. The van der Waals surface area contributed by atoms with Gasteiger partial charge in [-0.15, -0.1) is 0 Å². The fourth-order valence-electron chi connectivity index (χ4n) is 1.65. The average molecular weight is 254 g/mol. The van der Waals surface area contributed by atoms with Crippen molar-refractivity contribution in [1.82, 2.24) is 5.32 Å². The first-order valence-corrected chi connectivity index (χ1v) is 6.08. The zero-order valence-corrected chi connectivity index (χ0v) is 10.4. The van der Waals surface area contributed by atoms with Crippen LogP contribution in [0.4, 0.5) is 4.39 Å². The lowest BCUT2D eigenvalue weighted by Gasteiger charge is -2.16. The number of phenolic OH excluding ortho intramolecular Hbond substituents is 1. The summed E-state index contributed by atoms with van der Waals surface area (Å²) in [5, 5.41) is 11.8. The summed E-state index contributed by atoms with van der Waals surface area (Å²) < 4.78 is 13.5. The van der Waals surface area contributed by atoms with Crippen molar-refractivity contribution in [2.45, 2.75) is 32.2 Å². The van der Waals surface area contributed by atoms with Gasteiger partial charge >= 0.3 is 0 Å². The Bertz CT molecular complexity index is 410. The van der Waals surface area contributed by atoms with E-state index in [0.29, 0.717) is 6.54 Å². The van der Waals surface area contributed by atoms with Gasteiger partial charge in [0.25, 0.3) is 5.91 Å². The molecule has 4 N–H and O–H groups in total. The Morgan fingerprint density at radius 2 is 2.28 bits per heavy atom. The minimum Gasteiger partial charge on any atom is -0.508 e. The summed E-state index contributed by atoms with van der Waals surface area (Å²) in [5.41, 5.74) is 5.47. The lowest BCUT2D eigenvalue weighted by Crippen LogP contribution is -2.40. The Labute approximate surface area is 106 Å². The molecule has 0 fully saturated rings. The summed E-state index contributed by atoms with van der Waals surface area (Å²) in [7, 11) is 0. The molecule has 4 nitrogen and oxygen atoms in total. The number of nitrogens with two attached hydrogens (primary N) is 1. The molecule has 0 saturated heterocycles. The van der Waals surface area contributed by atoms with Crippen LogP contribution >= 0.6 is 0 Å². The number of amides is 1. The highest BCUT2D eigenvalue weighted by Crippen LogP contribution is 2.15. The number of carbonyl (C=O) groups excluding carboxylic acids is 1. The number of benzene rings is 1. The Morgan fingerprint density at radius 1 is 1.56 bits per heavy atom. The molecule has 1 amide bonds. The van der Waals surface area contributed by atoms with Crippen LogP contribution in [0, 0.1) is 5.82 Å². The Kier molecular flexibility index (Phi) is 5.58. The van der Waals surface area contributed by atoms with Gasteiger partial charge in [0.15, 0.2) is 0 Å². The molecule has 5 heteroatoms. The zero-order chi connectivity index (χ0) is 13.5. The topological polar surface area (TPSA) is 75.3 Å². The van der Waals surface area contributed by atoms with Gasteiger partial charge in [0.05, 0.1) is 5.56 Å². The molecule has 1 rings (SSSR count). The second-order valence-electron chi connectivity index (χ2n) is 4.21. The normalized spacial score (nSPS) is 12.2. The van der Waals surface area contributed by atoms with Crippen molar-refractivity contribution in [2.24, 2.45) is 5.73 Å². The molecule has 0 aromatic heterocycles. The van der Waals surface area contributed by atoms with Crippen molar-refractivity contribution in [1.29, 1.82) is 0 Å². The molecule has 0 radical (unpaired) electrons. The number of unbranched alkanes of at least 4 members (excludes halogenated alkanes) is 1. The van der Waals surface area contributed by atoms with E-state index in [1.54, 1.807) is 0 Å². The zero-order valence-electron chi connectivity index (χ0n) is 10.4. The van der Waals surface area contributed by atoms with E-state index in [-0.39, 0.29) is 17.4 Å². The van der Waals surface area contributed by atoms with E-state index in [9.17, 15) is 9.18 Å². The van der Waals surface area contributed by atoms with Crippen molar-refractivity contribution in [2.75, 3.05) is 6.54 Å². The smallest absolute Gasteiger partial charge is 0.254 e. The number of aromatic hydroxyl groups is 1. The molecule has 0 aliphatic heterocycles. The first-order chi connectivity index (χ1) is 8.58. The number of halogens is 1. The molecule has 18 heavy (non-hydrogen) atoms. The summed E-state index contributed by atoms with van der Waals surface area (Å²) in [6.45, 7) is 2.38. The highest BCUT2D eigenvalue weighted by atomic mass is 19.1. The first-order valence-electron chi connectivity index (χ1n) is 6.08. The fraction of sp³-hybridized carbons (Fsp3) is 0.462. The lowest BCUT2D eigenvalue weighted by molar-refractivity contribution is 0.0931. The maximum atomic E-state index is 13.5. The van der Waals surface area contributed by atoms with Gasteiger partial charge in [-0.05, 0) is 18.6 Å². The van der Waals surface area contributed by atoms with E-state index in [2.05, 4.69) is 12.2 Å². The molecule has 0 aliphatic rings. The van der Waals surface area contributed by atoms with Crippen LogP contribution in [0.5, 0.6) is 5.75 Å². The SMILES string of the molecule is CCCCC(CN)NC(=O)c1ccc(O)cc1F. The van der Waals surface area contributed by atoms with E-state index in [4.69, 9.17) is 10.8 Å². The van der Waals surface area contributed by atoms with Crippen molar-refractivity contribution < 1.29 is 14.3 Å². The average Bonchev–Trinajstić information content (AvgIpc) is 2.34. The molecule has 1 aromatic carbocycles. The van der Waals surface area contributed by atoms with Crippen LogP contribution in [-0.4, -0.2) is 23.6 Å². The van der Waals surface area contributed by atoms with Crippen LogP contribution in [0.3, 0.4) is 0 Å². The summed E-state index contributed by atoms with van der Waals surface area (Å²) in [6, 6.07) is 3.30. The first kappa shape index (κ1) is 14.4. The maximum Gasteiger partial charge on any atom is 0.254 e. The van der Waals surface area contributed by atoms with E-state index < -0.39 is 11.7 Å². The van der Waals surface area contributed by atoms with Gasteiger partial charge < -0.3 is 16.2 Å². The van der Waals surface area contributed by atoms with Crippen molar-refractivity contribution in [3.8, 4) is 5.75 Å². The van der Waals surface area contributed by atoms with Crippen LogP contribution in [0.15, 0.2) is 18.2 Å². The van der Waals surface area contributed by atoms with E-state index in [1.807, 2.05) is 0 Å². The standard InChI is InChI=1S/C13H19FN2O2/c1-2-3-4-9(8-15)16-13(18)11-6-5-10(17)7-12(11)14/h5-7,9,17H,2-4,8,15H2,1H3,(H,16,18). The molecule has 100 valence electrons. The molecular weight excluding hydrogens is 235 g/mol. The van der Waals surface area contributed by atoms with Gasteiger partial charge in [-0.1, -0.05) is 19.8 Å². The second-order valence-corrected chi connectivity index (χ2v) is 4.21. The van der Waals surface area contributed by atoms with Gasteiger partial charge in [0, 0.05) is 18.7 Å².